The summed E-state index contributed by atoms with van der Waals surface area (Å²) < 4.78 is 1.09. The number of rotatable bonds is 0. The molecule has 41 valence electrons. The van der Waals surface area contributed by atoms with Crippen LogP contribution in [0, 0.1) is 6.92 Å². The Hall–Kier alpha value is -0.300. The van der Waals surface area contributed by atoms with Crippen molar-refractivity contribution in [2.45, 2.75) is 0 Å². The monoisotopic (exact) mass is 169 g/mol. The van der Waals surface area contributed by atoms with Gasteiger partial charge in [0, 0.05) is 4.47 Å². The SMILES string of the molecule is [CH2]c1cccc(Br)c1. The van der Waals surface area contributed by atoms with Crippen LogP contribution in [0.3, 0.4) is 0 Å². The lowest BCUT2D eigenvalue weighted by Gasteiger charge is -1.88. The molecule has 0 amide bonds. The van der Waals surface area contributed by atoms with Crippen molar-refractivity contribution in [2.75, 3.05) is 0 Å². The van der Waals surface area contributed by atoms with E-state index in [1.165, 1.54) is 0 Å². The summed E-state index contributed by atoms with van der Waals surface area (Å²) in [7, 11) is 0. The van der Waals surface area contributed by atoms with Gasteiger partial charge in [0.25, 0.3) is 0 Å². The topological polar surface area (TPSA) is 0 Å². The number of hydrogen-bond donors (Lipinski definition) is 0. The molecule has 1 aromatic rings. The molecule has 0 aromatic heterocycles. The van der Waals surface area contributed by atoms with Crippen LogP contribution in [0.4, 0.5) is 0 Å². The molecule has 8 heavy (non-hydrogen) atoms. The summed E-state index contributed by atoms with van der Waals surface area (Å²) in [5.41, 5.74) is 1.04. The Morgan fingerprint density at radius 3 is 2.50 bits per heavy atom. The van der Waals surface area contributed by atoms with Gasteiger partial charge in [0.2, 0.25) is 0 Å². The predicted molar refractivity (Wildman–Crippen MR) is 38.6 cm³/mol. The third-order valence-corrected chi connectivity index (χ3v) is 1.38. The van der Waals surface area contributed by atoms with Gasteiger partial charge >= 0.3 is 0 Å². The molecule has 0 unspecified atom stereocenters. The van der Waals surface area contributed by atoms with E-state index >= 15 is 0 Å². The lowest BCUT2D eigenvalue weighted by molar-refractivity contribution is 1.57. The second kappa shape index (κ2) is 2.31. The minimum absolute atomic E-state index is 1.04. The van der Waals surface area contributed by atoms with Gasteiger partial charge in [-0.05, 0) is 24.6 Å². The molecule has 0 nitrogen and oxygen atoms in total. The van der Waals surface area contributed by atoms with Crippen molar-refractivity contribution in [1.29, 1.82) is 0 Å². The Balaban J connectivity index is 3.08. The Kier molecular flexibility index (Phi) is 1.69. The fourth-order valence-electron chi connectivity index (χ4n) is 0.537. The van der Waals surface area contributed by atoms with E-state index in [2.05, 4.69) is 22.9 Å². The largest absolute Gasteiger partial charge is 0.0609 e. The quantitative estimate of drug-likeness (QED) is 0.561. The predicted octanol–water partition coefficient (Wildman–Crippen LogP) is 2.63. The van der Waals surface area contributed by atoms with E-state index in [0.29, 0.717) is 0 Å². The lowest BCUT2D eigenvalue weighted by Crippen LogP contribution is -1.67. The second-order valence-electron chi connectivity index (χ2n) is 1.63. The van der Waals surface area contributed by atoms with E-state index in [4.69, 9.17) is 0 Å². The summed E-state index contributed by atoms with van der Waals surface area (Å²) in [4.78, 5) is 0. The molecule has 1 heteroatoms. The Labute approximate surface area is 57.7 Å². The minimum atomic E-state index is 1.04. The third-order valence-electron chi connectivity index (χ3n) is 0.889. The molecular formula is C7H6Br. The molecule has 0 atom stereocenters. The highest BCUT2D eigenvalue weighted by Gasteiger charge is 1.82. The number of benzene rings is 1. The van der Waals surface area contributed by atoms with Crippen molar-refractivity contribution in [3.8, 4) is 0 Å². The summed E-state index contributed by atoms with van der Waals surface area (Å²) in [6.45, 7) is 3.75. The first-order valence-electron chi connectivity index (χ1n) is 2.36. The van der Waals surface area contributed by atoms with Gasteiger partial charge in [-0.1, -0.05) is 28.1 Å². The third kappa shape index (κ3) is 1.34. The van der Waals surface area contributed by atoms with E-state index in [1.807, 2.05) is 24.3 Å². The van der Waals surface area contributed by atoms with Gasteiger partial charge in [0.15, 0.2) is 0 Å². The van der Waals surface area contributed by atoms with Gasteiger partial charge in [0.05, 0.1) is 0 Å². The zero-order valence-corrected chi connectivity index (χ0v) is 5.98. The zero-order valence-electron chi connectivity index (χ0n) is 4.39. The van der Waals surface area contributed by atoms with E-state index in [9.17, 15) is 0 Å². The fourth-order valence-corrected chi connectivity index (χ4v) is 0.984. The maximum absolute atomic E-state index is 3.75. The summed E-state index contributed by atoms with van der Waals surface area (Å²) in [6, 6.07) is 7.88. The van der Waals surface area contributed by atoms with Crippen molar-refractivity contribution < 1.29 is 0 Å². The maximum Gasteiger partial charge on any atom is 0.0177 e. The Bertz CT molecular complexity index is 164. The highest BCUT2D eigenvalue weighted by Crippen LogP contribution is 2.09. The summed E-state index contributed by atoms with van der Waals surface area (Å²) in [6.07, 6.45) is 0. The van der Waals surface area contributed by atoms with Crippen LogP contribution in [0.15, 0.2) is 28.7 Å². The van der Waals surface area contributed by atoms with Crippen LogP contribution in [0.2, 0.25) is 0 Å². The normalized spacial score (nSPS) is 9.25. The van der Waals surface area contributed by atoms with Crippen molar-refractivity contribution in [3.05, 3.63) is 41.2 Å². The molecule has 0 bridgehead atoms. The van der Waals surface area contributed by atoms with Gasteiger partial charge in [-0.25, -0.2) is 0 Å². The molecule has 0 aliphatic heterocycles. The fraction of sp³-hybridized carbons (Fsp3) is 0. The highest BCUT2D eigenvalue weighted by atomic mass is 79.9. The van der Waals surface area contributed by atoms with Crippen molar-refractivity contribution in [1.82, 2.24) is 0 Å². The molecule has 0 aliphatic rings. The first-order valence-corrected chi connectivity index (χ1v) is 3.16. The van der Waals surface area contributed by atoms with Crippen molar-refractivity contribution >= 4 is 15.9 Å². The smallest absolute Gasteiger partial charge is 0.0177 e. The summed E-state index contributed by atoms with van der Waals surface area (Å²) >= 11 is 3.32. The zero-order chi connectivity index (χ0) is 5.98. The van der Waals surface area contributed by atoms with Crippen LogP contribution in [-0.4, -0.2) is 0 Å². The van der Waals surface area contributed by atoms with Crippen LogP contribution >= 0.6 is 15.9 Å². The Morgan fingerprint density at radius 1 is 1.38 bits per heavy atom. The van der Waals surface area contributed by atoms with E-state index in [-0.39, 0.29) is 0 Å². The average molecular weight is 170 g/mol. The first-order chi connectivity index (χ1) is 3.79. The maximum atomic E-state index is 3.75. The second-order valence-corrected chi connectivity index (χ2v) is 2.55. The van der Waals surface area contributed by atoms with E-state index < -0.39 is 0 Å². The Morgan fingerprint density at radius 2 is 2.12 bits per heavy atom. The molecular weight excluding hydrogens is 164 g/mol. The van der Waals surface area contributed by atoms with E-state index in [1.54, 1.807) is 0 Å². The molecule has 1 rings (SSSR count). The van der Waals surface area contributed by atoms with Crippen LogP contribution < -0.4 is 0 Å². The molecule has 0 heterocycles. The molecule has 0 fully saturated rings. The van der Waals surface area contributed by atoms with Crippen LogP contribution in [0.5, 0.6) is 0 Å². The van der Waals surface area contributed by atoms with Gasteiger partial charge in [-0.15, -0.1) is 0 Å². The van der Waals surface area contributed by atoms with Crippen molar-refractivity contribution in [3.63, 3.8) is 0 Å². The molecule has 0 saturated carbocycles. The molecule has 0 saturated heterocycles. The van der Waals surface area contributed by atoms with E-state index in [0.717, 1.165) is 10.0 Å². The van der Waals surface area contributed by atoms with Crippen molar-refractivity contribution in [2.24, 2.45) is 0 Å². The molecule has 1 aromatic carbocycles. The molecule has 0 spiro atoms. The lowest BCUT2D eigenvalue weighted by atomic mass is 10.2. The summed E-state index contributed by atoms with van der Waals surface area (Å²) in [5, 5.41) is 0. The average Bonchev–Trinajstić information content (AvgIpc) is 1.64. The van der Waals surface area contributed by atoms with Crippen LogP contribution in [-0.2, 0) is 0 Å². The van der Waals surface area contributed by atoms with Gasteiger partial charge < -0.3 is 0 Å². The summed E-state index contributed by atoms with van der Waals surface area (Å²) in [5.74, 6) is 0. The molecule has 1 radical (unpaired) electrons. The van der Waals surface area contributed by atoms with Gasteiger partial charge in [0.1, 0.15) is 0 Å². The van der Waals surface area contributed by atoms with Crippen LogP contribution in [0.25, 0.3) is 0 Å². The van der Waals surface area contributed by atoms with Gasteiger partial charge in [-0.2, -0.15) is 0 Å². The number of hydrogen-bond acceptors (Lipinski definition) is 0. The first kappa shape index (κ1) is 5.83. The minimum Gasteiger partial charge on any atom is -0.0609 e. The standard InChI is InChI=1S/C7H6Br/c1-6-3-2-4-7(8)5-6/h2-5H,1H2. The molecule has 0 N–H and O–H groups in total. The number of halogens is 1. The highest BCUT2D eigenvalue weighted by molar-refractivity contribution is 9.10. The van der Waals surface area contributed by atoms with Crippen LogP contribution in [0.1, 0.15) is 5.56 Å². The van der Waals surface area contributed by atoms with Gasteiger partial charge in [-0.3, -0.25) is 0 Å². The molecule has 0 aliphatic carbocycles.